The molecule has 0 radical (unpaired) electrons. The number of aromatic hydroxyl groups is 2. The Morgan fingerprint density at radius 2 is 1.88 bits per heavy atom. The molecule has 3 N–H and O–H groups in total. The Kier molecular flexibility index (Phi) is 3.40. The third-order valence-corrected chi connectivity index (χ3v) is 2.66. The van der Waals surface area contributed by atoms with Gasteiger partial charge in [0.05, 0.1) is 5.02 Å². The average Bonchev–Trinajstić information content (AvgIpc) is 2.31. The summed E-state index contributed by atoms with van der Waals surface area (Å²) < 4.78 is 0. The van der Waals surface area contributed by atoms with Crippen LogP contribution in [0.25, 0.3) is 0 Å². The van der Waals surface area contributed by atoms with Crippen molar-refractivity contribution in [2.24, 2.45) is 0 Å². The summed E-state index contributed by atoms with van der Waals surface area (Å²) in [6.45, 7) is 0.573. The molecule has 0 aliphatic rings. The van der Waals surface area contributed by atoms with Crippen molar-refractivity contribution in [3.63, 3.8) is 0 Å². The minimum Gasteiger partial charge on any atom is -0.508 e. The number of hydrogen-bond donors (Lipinski definition) is 3. The van der Waals surface area contributed by atoms with Crippen molar-refractivity contribution in [1.82, 2.24) is 0 Å². The van der Waals surface area contributed by atoms with Gasteiger partial charge < -0.3 is 15.5 Å². The smallest absolute Gasteiger partial charge is 0.134 e. The van der Waals surface area contributed by atoms with Crippen LogP contribution in [0, 0.1) is 0 Å². The number of halogens is 1. The Morgan fingerprint density at radius 1 is 1.06 bits per heavy atom. The second-order valence-corrected chi connectivity index (χ2v) is 4.10. The SMILES string of the molecule is Oc1cccc(NCc2ccc(O)c(Cl)c2)c1. The van der Waals surface area contributed by atoms with Crippen molar-refractivity contribution in [2.75, 3.05) is 5.32 Å². The van der Waals surface area contributed by atoms with Crippen LogP contribution in [0.3, 0.4) is 0 Å². The fourth-order valence-corrected chi connectivity index (χ4v) is 1.68. The Labute approximate surface area is 104 Å². The monoisotopic (exact) mass is 249 g/mol. The molecular weight excluding hydrogens is 238 g/mol. The maximum absolute atomic E-state index is 9.30. The molecule has 0 saturated heterocycles. The van der Waals surface area contributed by atoms with E-state index in [9.17, 15) is 10.2 Å². The van der Waals surface area contributed by atoms with Gasteiger partial charge in [-0.25, -0.2) is 0 Å². The number of rotatable bonds is 3. The average molecular weight is 250 g/mol. The summed E-state index contributed by atoms with van der Waals surface area (Å²) in [6, 6.07) is 11.9. The van der Waals surface area contributed by atoms with Crippen molar-refractivity contribution in [3.05, 3.63) is 53.1 Å². The van der Waals surface area contributed by atoms with Gasteiger partial charge in [-0.05, 0) is 29.8 Å². The fourth-order valence-electron chi connectivity index (χ4n) is 1.48. The van der Waals surface area contributed by atoms with Gasteiger partial charge in [0, 0.05) is 18.3 Å². The van der Waals surface area contributed by atoms with Crippen molar-refractivity contribution in [1.29, 1.82) is 0 Å². The molecule has 0 aliphatic carbocycles. The van der Waals surface area contributed by atoms with Gasteiger partial charge in [0.2, 0.25) is 0 Å². The van der Waals surface area contributed by atoms with Gasteiger partial charge in [0.15, 0.2) is 0 Å². The highest BCUT2D eigenvalue weighted by Gasteiger charge is 2.00. The second kappa shape index (κ2) is 4.97. The lowest BCUT2D eigenvalue weighted by molar-refractivity contribution is 0.475. The molecule has 0 heterocycles. The first-order valence-electron chi connectivity index (χ1n) is 5.15. The third-order valence-electron chi connectivity index (χ3n) is 2.35. The Bertz CT molecular complexity index is 529. The van der Waals surface area contributed by atoms with Gasteiger partial charge in [-0.3, -0.25) is 0 Å². The highest BCUT2D eigenvalue weighted by atomic mass is 35.5. The van der Waals surface area contributed by atoms with E-state index < -0.39 is 0 Å². The Morgan fingerprint density at radius 3 is 2.59 bits per heavy atom. The minimum atomic E-state index is 0.0766. The summed E-state index contributed by atoms with van der Waals surface area (Å²) in [6.07, 6.45) is 0. The molecule has 0 aromatic heterocycles. The van der Waals surface area contributed by atoms with Crippen LogP contribution in [0.4, 0.5) is 5.69 Å². The van der Waals surface area contributed by atoms with E-state index in [0.717, 1.165) is 11.3 Å². The number of phenols is 2. The van der Waals surface area contributed by atoms with Gasteiger partial charge in [-0.1, -0.05) is 23.7 Å². The van der Waals surface area contributed by atoms with E-state index in [1.165, 1.54) is 0 Å². The molecule has 2 rings (SSSR count). The molecule has 0 unspecified atom stereocenters. The Hall–Kier alpha value is -1.87. The van der Waals surface area contributed by atoms with Crippen molar-refractivity contribution >= 4 is 17.3 Å². The lowest BCUT2D eigenvalue weighted by Gasteiger charge is -2.07. The zero-order valence-electron chi connectivity index (χ0n) is 9.02. The zero-order valence-corrected chi connectivity index (χ0v) is 9.78. The van der Waals surface area contributed by atoms with E-state index in [1.807, 2.05) is 6.07 Å². The van der Waals surface area contributed by atoms with Crippen molar-refractivity contribution in [2.45, 2.75) is 6.54 Å². The van der Waals surface area contributed by atoms with Crippen LogP contribution in [0.15, 0.2) is 42.5 Å². The summed E-state index contributed by atoms with van der Waals surface area (Å²) in [7, 11) is 0. The molecule has 0 aliphatic heterocycles. The van der Waals surface area contributed by atoms with Crippen LogP contribution in [-0.4, -0.2) is 10.2 Å². The highest BCUT2D eigenvalue weighted by Crippen LogP contribution is 2.24. The summed E-state index contributed by atoms with van der Waals surface area (Å²) in [5, 5.41) is 22.1. The first kappa shape index (κ1) is 11.6. The van der Waals surface area contributed by atoms with Gasteiger partial charge >= 0.3 is 0 Å². The summed E-state index contributed by atoms with van der Waals surface area (Å²) in [5.41, 5.74) is 1.78. The summed E-state index contributed by atoms with van der Waals surface area (Å²) in [5.74, 6) is 0.298. The van der Waals surface area contributed by atoms with E-state index in [4.69, 9.17) is 11.6 Å². The van der Waals surface area contributed by atoms with E-state index in [-0.39, 0.29) is 11.5 Å². The molecule has 17 heavy (non-hydrogen) atoms. The van der Waals surface area contributed by atoms with Crippen LogP contribution in [0.2, 0.25) is 5.02 Å². The number of nitrogens with one attached hydrogen (secondary N) is 1. The molecule has 0 fully saturated rings. The maximum Gasteiger partial charge on any atom is 0.134 e. The van der Waals surface area contributed by atoms with Crippen LogP contribution in [0.1, 0.15) is 5.56 Å². The number of benzene rings is 2. The fraction of sp³-hybridized carbons (Fsp3) is 0.0769. The molecule has 2 aromatic carbocycles. The first-order valence-corrected chi connectivity index (χ1v) is 5.53. The van der Waals surface area contributed by atoms with Gasteiger partial charge in [-0.15, -0.1) is 0 Å². The molecule has 0 atom stereocenters. The third kappa shape index (κ3) is 3.04. The molecule has 4 heteroatoms. The first-order chi connectivity index (χ1) is 8.15. The van der Waals surface area contributed by atoms with Gasteiger partial charge in [0.25, 0.3) is 0 Å². The predicted octanol–water partition coefficient (Wildman–Crippen LogP) is 3.36. The van der Waals surface area contributed by atoms with Gasteiger partial charge in [-0.2, -0.15) is 0 Å². The van der Waals surface area contributed by atoms with Crippen LogP contribution in [0.5, 0.6) is 11.5 Å². The highest BCUT2D eigenvalue weighted by molar-refractivity contribution is 6.32. The van der Waals surface area contributed by atoms with Crippen molar-refractivity contribution in [3.8, 4) is 11.5 Å². The molecular formula is C13H12ClNO2. The largest absolute Gasteiger partial charge is 0.508 e. The molecule has 0 amide bonds. The van der Waals surface area contributed by atoms with E-state index in [1.54, 1.807) is 36.4 Å². The van der Waals surface area contributed by atoms with Gasteiger partial charge in [0.1, 0.15) is 11.5 Å². The van der Waals surface area contributed by atoms with E-state index in [2.05, 4.69) is 5.32 Å². The molecule has 2 aromatic rings. The predicted molar refractivity (Wildman–Crippen MR) is 68.6 cm³/mol. The van der Waals surface area contributed by atoms with E-state index in [0.29, 0.717) is 11.6 Å². The summed E-state index contributed by atoms with van der Waals surface area (Å²) in [4.78, 5) is 0. The van der Waals surface area contributed by atoms with Crippen molar-refractivity contribution < 1.29 is 10.2 Å². The lowest BCUT2D eigenvalue weighted by Crippen LogP contribution is -1.98. The van der Waals surface area contributed by atoms with Crippen LogP contribution >= 0.6 is 11.6 Å². The molecule has 0 spiro atoms. The molecule has 88 valence electrons. The summed E-state index contributed by atoms with van der Waals surface area (Å²) >= 11 is 5.80. The number of anilines is 1. The van der Waals surface area contributed by atoms with E-state index >= 15 is 0 Å². The second-order valence-electron chi connectivity index (χ2n) is 3.69. The van der Waals surface area contributed by atoms with Crippen LogP contribution < -0.4 is 5.32 Å². The quantitative estimate of drug-likeness (QED) is 0.782. The topological polar surface area (TPSA) is 52.5 Å². The lowest BCUT2D eigenvalue weighted by atomic mass is 10.2. The normalized spacial score (nSPS) is 10.2. The number of phenolic OH excluding ortho intramolecular Hbond substituents is 2. The molecule has 0 bridgehead atoms. The maximum atomic E-state index is 9.30. The molecule has 0 saturated carbocycles. The van der Waals surface area contributed by atoms with Crippen LogP contribution in [-0.2, 0) is 6.54 Å². The minimum absolute atomic E-state index is 0.0766. The standard InChI is InChI=1S/C13H12ClNO2/c14-12-6-9(4-5-13(12)17)8-15-10-2-1-3-11(16)7-10/h1-7,15-17H,8H2. The molecule has 3 nitrogen and oxygen atoms in total. The number of hydrogen-bond acceptors (Lipinski definition) is 3. The zero-order chi connectivity index (χ0) is 12.3. The Balaban J connectivity index is 2.05.